The van der Waals surface area contributed by atoms with Crippen molar-refractivity contribution in [2.75, 3.05) is 6.54 Å². The summed E-state index contributed by atoms with van der Waals surface area (Å²) in [4.78, 5) is 17.5. The number of pyridine rings is 1. The summed E-state index contributed by atoms with van der Waals surface area (Å²) in [6.07, 6.45) is 2.89. The Morgan fingerprint density at radius 3 is 2.90 bits per heavy atom. The van der Waals surface area contributed by atoms with E-state index in [-0.39, 0.29) is 17.4 Å². The number of carbonyl (C=O) groups excluding carboxylic acids is 1. The van der Waals surface area contributed by atoms with Crippen molar-refractivity contribution in [3.05, 3.63) is 24.0 Å². The van der Waals surface area contributed by atoms with Gasteiger partial charge in [-0.3, -0.25) is 9.78 Å². The highest BCUT2D eigenvalue weighted by atomic mass is 32.3. The van der Waals surface area contributed by atoms with E-state index in [0.29, 0.717) is 19.4 Å². The van der Waals surface area contributed by atoms with E-state index >= 15 is 0 Å². The minimum absolute atomic E-state index is 0.0668. The molecule has 0 aromatic carbocycles. The smallest absolute Gasteiger partial charge is 0.391 e. The van der Waals surface area contributed by atoms with Gasteiger partial charge >= 0.3 is 10.5 Å². The number of nitrogens with zero attached hydrogens (tertiary/aromatic N) is 2. The molecule has 1 aromatic rings. The van der Waals surface area contributed by atoms with Crippen LogP contribution in [0.15, 0.2) is 18.5 Å². The van der Waals surface area contributed by atoms with E-state index in [9.17, 15) is 22.2 Å². The van der Waals surface area contributed by atoms with E-state index in [1.807, 2.05) is 0 Å². The molecule has 0 radical (unpaired) electrons. The second kappa shape index (κ2) is 5.94. The van der Waals surface area contributed by atoms with Gasteiger partial charge in [0.2, 0.25) is 0 Å². The number of amides is 1. The molecule has 2 unspecified atom stereocenters. The number of piperidine rings is 1. The Bertz CT molecular complexity index is 636. The molecule has 116 valence electrons. The number of carbonyl (C=O) groups is 1. The lowest BCUT2D eigenvalue weighted by molar-refractivity contribution is 0.0180. The third kappa shape index (κ3) is 3.88. The van der Waals surface area contributed by atoms with Crippen LogP contribution in [-0.4, -0.2) is 48.0 Å². The van der Waals surface area contributed by atoms with Crippen LogP contribution >= 0.6 is 0 Å². The van der Waals surface area contributed by atoms with Gasteiger partial charge in [-0.05, 0) is 25.8 Å². The van der Waals surface area contributed by atoms with Crippen molar-refractivity contribution in [2.24, 2.45) is 0 Å². The fourth-order valence-corrected chi connectivity index (χ4v) is 2.59. The molecule has 2 heterocycles. The molecule has 0 bridgehead atoms. The Morgan fingerprint density at radius 1 is 1.52 bits per heavy atom. The zero-order valence-corrected chi connectivity index (χ0v) is 12.1. The van der Waals surface area contributed by atoms with E-state index < -0.39 is 22.5 Å². The molecule has 1 aliphatic heterocycles. The number of likely N-dealkylation sites (tertiary alicyclic amines) is 1. The van der Waals surface area contributed by atoms with Crippen molar-refractivity contribution in [1.29, 1.82) is 0 Å². The summed E-state index contributed by atoms with van der Waals surface area (Å²) in [5, 5.41) is 9.79. The zero-order chi connectivity index (χ0) is 15.6. The average Bonchev–Trinajstić information content (AvgIpc) is 2.39. The highest BCUT2D eigenvalue weighted by Crippen LogP contribution is 2.21. The third-order valence-corrected chi connectivity index (χ3v) is 3.76. The summed E-state index contributed by atoms with van der Waals surface area (Å²) in [5.41, 5.74) is 0.0668. The van der Waals surface area contributed by atoms with Crippen LogP contribution in [0.25, 0.3) is 0 Å². The Labute approximate surface area is 121 Å². The van der Waals surface area contributed by atoms with Crippen LogP contribution in [0.2, 0.25) is 0 Å². The Morgan fingerprint density at radius 2 is 2.24 bits per heavy atom. The molecule has 9 heteroatoms. The van der Waals surface area contributed by atoms with Gasteiger partial charge in [0, 0.05) is 12.7 Å². The monoisotopic (exact) mass is 318 g/mol. The van der Waals surface area contributed by atoms with Gasteiger partial charge in [0.1, 0.15) is 0 Å². The maximum absolute atomic E-state index is 12.5. The van der Waals surface area contributed by atoms with E-state index in [4.69, 9.17) is 0 Å². The molecule has 0 spiro atoms. The Hall–Kier alpha value is -1.74. The van der Waals surface area contributed by atoms with E-state index in [2.05, 4.69) is 9.17 Å². The van der Waals surface area contributed by atoms with Crippen LogP contribution in [0.1, 0.15) is 30.1 Å². The van der Waals surface area contributed by atoms with Crippen molar-refractivity contribution in [2.45, 2.75) is 31.9 Å². The van der Waals surface area contributed by atoms with Gasteiger partial charge in [0.05, 0.1) is 23.9 Å². The maximum atomic E-state index is 12.5. The van der Waals surface area contributed by atoms with Crippen LogP contribution in [-0.2, 0) is 10.5 Å². The number of hydrogen-bond donors (Lipinski definition) is 1. The largest absolute Gasteiger partial charge is 0.488 e. The minimum atomic E-state index is -5.17. The lowest BCUT2D eigenvalue weighted by Crippen LogP contribution is -2.49. The molecule has 1 aliphatic rings. The van der Waals surface area contributed by atoms with Gasteiger partial charge in [-0.25, -0.2) is 0 Å². The van der Waals surface area contributed by atoms with Crippen LogP contribution < -0.4 is 4.18 Å². The Balaban J connectivity index is 2.21. The fraction of sp³-hybridized carbons (Fsp3) is 0.500. The summed E-state index contributed by atoms with van der Waals surface area (Å²) < 4.78 is 37.4. The number of aromatic nitrogens is 1. The SMILES string of the molecule is CC1C(O)CCCN1C(=O)c1cncc(OS(=O)(=O)F)c1. The van der Waals surface area contributed by atoms with Crippen LogP contribution in [0.5, 0.6) is 5.75 Å². The molecule has 21 heavy (non-hydrogen) atoms. The highest BCUT2D eigenvalue weighted by Gasteiger charge is 2.30. The summed E-state index contributed by atoms with van der Waals surface area (Å²) >= 11 is 0. The lowest BCUT2D eigenvalue weighted by Gasteiger charge is -2.36. The predicted molar refractivity (Wildman–Crippen MR) is 70.6 cm³/mol. The third-order valence-electron chi connectivity index (χ3n) is 3.36. The van der Waals surface area contributed by atoms with Gasteiger partial charge in [0.15, 0.2) is 5.75 Å². The van der Waals surface area contributed by atoms with Crippen LogP contribution in [0.3, 0.4) is 0 Å². The summed E-state index contributed by atoms with van der Waals surface area (Å²) in [6.45, 7) is 2.20. The molecule has 0 aliphatic carbocycles. The summed E-state index contributed by atoms with van der Waals surface area (Å²) in [6, 6.07) is 0.737. The maximum Gasteiger partial charge on any atom is 0.488 e. The van der Waals surface area contributed by atoms with Crippen LogP contribution in [0.4, 0.5) is 3.89 Å². The van der Waals surface area contributed by atoms with Crippen molar-refractivity contribution in [1.82, 2.24) is 9.88 Å². The van der Waals surface area contributed by atoms with E-state index in [1.54, 1.807) is 6.92 Å². The van der Waals surface area contributed by atoms with Crippen molar-refractivity contribution in [3.63, 3.8) is 0 Å². The molecule has 1 amide bonds. The van der Waals surface area contributed by atoms with Gasteiger partial charge in [-0.2, -0.15) is 8.42 Å². The zero-order valence-electron chi connectivity index (χ0n) is 11.3. The second-order valence-electron chi connectivity index (χ2n) is 4.83. The average molecular weight is 318 g/mol. The molecule has 1 fully saturated rings. The lowest BCUT2D eigenvalue weighted by atomic mass is 9.99. The molecular weight excluding hydrogens is 303 g/mol. The first-order valence-corrected chi connectivity index (χ1v) is 7.67. The fourth-order valence-electron chi connectivity index (χ4n) is 2.27. The number of aliphatic hydroxyl groups excluding tert-OH is 1. The van der Waals surface area contributed by atoms with E-state index in [0.717, 1.165) is 12.3 Å². The number of halogens is 1. The standard InChI is InChI=1S/C12H15FN2O5S/c1-8-11(16)3-2-4-15(8)12(17)9-5-10(7-14-6-9)20-21(13,18)19/h5-8,11,16H,2-4H2,1H3. The van der Waals surface area contributed by atoms with Crippen molar-refractivity contribution in [3.8, 4) is 5.75 Å². The topological polar surface area (TPSA) is 96.8 Å². The molecule has 0 saturated carbocycles. The van der Waals surface area contributed by atoms with Crippen molar-refractivity contribution < 1.29 is 26.4 Å². The van der Waals surface area contributed by atoms with Crippen LogP contribution in [0, 0.1) is 0 Å². The first kappa shape index (κ1) is 15.6. The molecule has 1 N–H and O–H groups in total. The van der Waals surface area contributed by atoms with Gasteiger partial charge in [-0.15, -0.1) is 0 Å². The number of rotatable bonds is 3. The van der Waals surface area contributed by atoms with Gasteiger partial charge in [0.25, 0.3) is 5.91 Å². The first-order valence-electron chi connectivity index (χ1n) is 6.36. The first-order chi connectivity index (χ1) is 9.78. The summed E-state index contributed by atoms with van der Waals surface area (Å²) in [7, 11) is -5.17. The van der Waals surface area contributed by atoms with E-state index in [1.165, 1.54) is 11.1 Å². The molecule has 1 saturated heterocycles. The van der Waals surface area contributed by atoms with Crippen molar-refractivity contribution >= 4 is 16.4 Å². The number of aliphatic hydroxyl groups is 1. The summed E-state index contributed by atoms with van der Waals surface area (Å²) in [5.74, 6) is -0.802. The minimum Gasteiger partial charge on any atom is -0.391 e. The normalized spacial score (nSPS) is 22.9. The van der Waals surface area contributed by atoms with Gasteiger partial charge in [-0.1, -0.05) is 3.89 Å². The van der Waals surface area contributed by atoms with Gasteiger partial charge < -0.3 is 14.2 Å². The second-order valence-corrected chi connectivity index (χ2v) is 5.79. The quantitative estimate of drug-likeness (QED) is 0.822. The predicted octanol–water partition coefficient (Wildman–Crippen LogP) is 0.660. The molecule has 2 rings (SSSR count). The molecule has 1 aromatic heterocycles. The number of hydrogen-bond acceptors (Lipinski definition) is 6. The molecule has 7 nitrogen and oxygen atoms in total. The Kier molecular flexibility index (Phi) is 4.43. The molecule has 2 atom stereocenters. The highest BCUT2D eigenvalue weighted by molar-refractivity contribution is 7.81. The molecular formula is C12H15FN2O5S.